The monoisotopic (exact) mass is 291 g/mol. The largest absolute Gasteiger partial charge is 0.382 e. The summed E-state index contributed by atoms with van der Waals surface area (Å²) < 4.78 is 19.1. The highest BCUT2D eigenvalue weighted by molar-refractivity contribution is 5.85. The molecule has 1 unspecified atom stereocenters. The highest BCUT2D eigenvalue weighted by Gasteiger charge is 2.46. The van der Waals surface area contributed by atoms with Crippen LogP contribution in [0.2, 0.25) is 0 Å². The van der Waals surface area contributed by atoms with Crippen molar-refractivity contribution in [3.63, 3.8) is 0 Å². The number of primary amides is 1. The van der Waals surface area contributed by atoms with Crippen molar-refractivity contribution in [2.75, 3.05) is 20.3 Å². The molecule has 0 radical (unpaired) electrons. The number of likely N-dealkylation sites (tertiary alicyclic amines) is 1. The van der Waals surface area contributed by atoms with Gasteiger partial charge in [-0.2, -0.15) is 5.26 Å². The predicted octanol–water partition coefficient (Wildman–Crippen LogP) is 1.16. The molecule has 1 aliphatic heterocycles. The number of halogens is 1. The van der Waals surface area contributed by atoms with Gasteiger partial charge in [0.2, 0.25) is 5.91 Å². The number of amides is 1. The van der Waals surface area contributed by atoms with Crippen molar-refractivity contribution in [3.05, 3.63) is 35.1 Å². The van der Waals surface area contributed by atoms with E-state index in [2.05, 4.69) is 0 Å². The van der Waals surface area contributed by atoms with E-state index in [1.807, 2.05) is 11.0 Å². The van der Waals surface area contributed by atoms with Gasteiger partial charge in [-0.15, -0.1) is 0 Å². The zero-order valence-corrected chi connectivity index (χ0v) is 11.9. The molecule has 0 aliphatic carbocycles. The molecule has 1 amide bonds. The van der Waals surface area contributed by atoms with Crippen LogP contribution in [-0.4, -0.2) is 36.6 Å². The Morgan fingerprint density at radius 2 is 2.38 bits per heavy atom. The summed E-state index contributed by atoms with van der Waals surface area (Å²) in [5.74, 6) is -0.896. The molecule has 0 saturated carbocycles. The zero-order valence-electron chi connectivity index (χ0n) is 11.9. The van der Waals surface area contributed by atoms with E-state index < -0.39 is 17.3 Å². The van der Waals surface area contributed by atoms with Crippen molar-refractivity contribution in [1.82, 2.24) is 4.90 Å². The highest BCUT2D eigenvalue weighted by Crippen LogP contribution is 2.31. The molecule has 0 spiro atoms. The minimum atomic E-state index is -0.880. The number of carbonyl (C=O) groups excluding carboxylic acids is 1. The first-order valence-electron chi connectivity index (χ1n) is 6.76. The third kappa shape index (κ3) is 2.89. The smallest absolute Gasteiger partial charge is 0.240 e. The van der Waals surface area contributed by atoms with Crippen LogP contribution in [0.4, 0.5) is 4.39 Å². The van der Waals surface area contributed by atoms with Crippen molar-refractivity contribution in [3.8, 4) is 6.07 Å². The molecule has 1 atom stereocenters. The first-order valence-corrected chi connectivity index (χ1v) is 6.76. The third-order valence-electron chi connectivity index (χ3n) is 4.01. The second-order valence-corrected chi connectivity index (χ2v) is 5.27. The number of hydrogen-bond acceptors (Lipinski definition) is 4. The van der Waals surface area contributed by atoms with E-state index in [-0.39, 0.29) is 18.7 Å². The number of ether oxygens (including phenoxy) is 1. The van der Waals surface area contributed by atoms with Crippen LogP contribution in [-0.2, 0) is 16.1 Å². The van der Waals surface area contributed by atoms with Gasteiger partial charge in [0.05, 0.1) is 18.2 Å². The average molecular weight is 291 g/mol. The van der Waals surface area contributed by atoms with Gasteiger partial charge in [-0.25, -0.2) is 4.39 Å². The second-order valence-electron chi connectivity index (χ2n) is 5.27. The number of carbonyl (C=O) groups is 1. The molecular weight excluding hydrogens is 273 g/mol. The van der Waals surface area contributed by atoms with Crippen LogP contribution in [0.5, 0.6) is 0 Å². The summed E-state index contributed by atoms with van der Waals surface area (Å²) in [5, 5.41) is 8.76. The highest BCUT2D eigenvalue weighted by atomic mass is 19.1. The molecule has 1 aliphatic rings. The van der Waals surface area contributed by atoms with E-state index in [0.717, 1.165) is 6.42 Å². The molecule has 2 N–H and O–H groups in total. The summed E-state index contributed by atoms with van der Waals surface area (Å²) in [6, 6.07) is 6.24. The van der Waals surface area contributed by atoms with Crippen LogP contribution in [0.15, 0.2) is 18.2 Å². The number of nitriles is 1. The normalized spacial score (nSPS) is 22.1. The maximum Gasteiger partial charge on any atom is 0.240 e. The van der Waals surface area contributed by atoms with E-state index in [1.165, 1.54) is 13.2 Å². The molecular formula is C15H18FN3O2. The first kappa shape index (κ1) is 15.4. The minimum Gasteiger partial charge on any atom is -0.382 e. The van der Waals surface area contributed by atoms with Gasteiger partial charge in [0, 0.05) is 19.2 Å². The first-order chi connectivity index (χ1) is 10.0. The molecule has 1 aromatic rings. The third-order valence-corrected chi connectivity index (χ3v) is 4.01. The fraction of sp³-hybridized carbons (Fsp3) is 0.467. The van der Waals surface area contributed by atoms with Crippen molar-refractivity contribution in [1.29, 1.82) is 5.26 Å². The number of rotatable bonds is 5. The lowest BCUT2D eigenvalue weighted by molar-refractivity contribution is -0.132. The van der Waals surface area contributed by atoms with Crippen molar-refractivity contribution in [2.45, 2.75) is 24.9 Å². The fourth-order valence-corrected chi connectivity index (χ4v) is 2.87. The summed E-state index contributed by atoms with van der Waals surface area (Å²) in [7, 11) is 1.52. The van der Waals surface area contributed by atoms with Crippen LogP contribution < -0.4 is 5.73 Å². The van der Waals surface area contributed by atoms with Crippen LogP contribution in [0.1, 0.15) is 24.0 Å². The molecule has 1 heterocycles. The fourth-order valence-electron chi connectivity index (χ4n) is 2.87. The number of benzene rings is 1. The molecule has 0 aromatic heterocycles. The van der Waals surface area contributed by atoms with Gasteiger partial charge >= 0.3 is 0 Å². The molecule has 0 bridgehead atoms. The lowest BCUT2D eigenvalue weighted by Crippen LogP contribution is -2.56. The van der Waals surface area contributed by atoms with E-state index in [0.29, 0.717) is 18.5 Å². The lowest BCUT2D eigenvalue weighted by Gasteiger charge is -2.35. The van der Waals surface area contributed by atoms with Gasteiger partial charge in [-0.3, -0.25) is 9.69 Å². The average Bonchev–Trinajstić information content (AvgIpc) is 2.85. The van der Waals surface area contributed by atoms with Gasteiger partial charge in [0.1, 0.15) is 11.4 Å². The van der Waals surface area contributed by atoms with E-state index in [1.54, 1.807) is 12.1 Å². The summed E-state index contributed by atoms with van der Waals surface area (Å²) in [6.07, 6.45) is 1.41. The van der Waals surface area contributed by atoms with Crippen molar-refractivity contribution in [2.24, 2.45) is 5.73 Å². The maximum atomic E-state index is 14.0. The molecule has 6 heteroatoms. The second kappa shape index (κ2) is 6.20. The number of methoxy groups -OCH3 is 1. The van der Waals surface area contributed by atoms with Crippen LogP contribution >= 0.6 is 0 Å². The Kier molecular flexibility index (Phi) is 4.56. The molecule has 1 fully saturated rings. The predicted molar refractivity (Wildman–Crippen MR) is 74.6 cm³/mol. The summed E-state index contributed by atoms with van der Waals surface area (Å²) in [6.45, 7) is 1.12. The van der Waals surface area contributed by atoms with Gasteiger partial charge < -0.3 is 10.5 Å². The Labute approximate surface area is 123 Å². The zero-order chi connectivity index (χ0) is 15.5. The minimum absolute atomic E-state index is 0.195. The Morgan fingerprint density at radius 3 is 2.95 bits per heavy atom. The standard InChI is InChI=1S/C15H18FN3O2/c1-21-10-15(14(18)20)5-2-6-19(15)9-12-4-3-11(8-17)7-13(12)16/h3-4,7H,2,5-6,9-10H2,1H3,(H2,18,20). The van der Waals surface area contributed by atoms with Crippen molar-refractivity contribution < 1.29 is 13.9 Å². The van der Waals surface area contributed by atoms with Crippen LogP contribution in [0.25, 0.3) is 0 Å². The van der Waals surface area contributed by atoms with Gasteiger partial charge in [0.15, 0.2) is 0 Å². The molecule has 1 aromatic carbocycles. The quantitative estimate of drug-likeness (QED) is 0.883. The Bertz CT molecular complexity index is 585. The van der Waals surface area contributed by atoms with Crippen LogP contribution in [0.3, 0.4) is 0 Å². The Balaban J connectivity index is 2.25. The molecule has 1 saturated heterocycles. The number of nitrogens with two attached hydrogens (primary N) is 1. The number of nitrogens with zero attached hydrogens (tertiary/aromatic N) is 2. The Morgan fingerprint density at radius 1 is 1.62 bits per heavy atom. The molecule has 5 nitrogen and oxygen atoms in total. The van der Waals surface area contributed by atoms with E-state index in [9.17, 15) is 9.18 Å². The lowest BCUT2D eigenvalue weighted by atomic mass is 9.95. The van der Waals surface area contributed by atoms with Gasteiger partial charge in [-0.05, 0) is 31.5 Å². The molecule has 112 valence electrons. The van der Waals surface area contributed by atoms with Crippen LogP contribution in [0, 0.1) is 17.1 Å². The summed E-state index contributed by atoms with van der Waals surface area (Å²) in [4.78, 5) is 13.7. The van der Waals surface area contributed by atoms with E-state index in [4.69, 9.17) is 15.7 Å². The van der Waals surface area contributed by atoms with E-state index >= 15 is 0 Å². The Hall–Kier alpha value is -1.97. The van der Waals surface area contributed by atoms with Gasteiger partial charge in [-0.1, -0.05) is 6.07 Å². The summed E-state index contributed by atoms with van der Waals surface area (Å²) in [5.41, 5.74) is 5.39. The molecule has 21 heavy (non-hydrogen) atoms. The van der Waals surface area contributed by atoms with Gasteiger partial charge in [0.25, 0.3) is 0 Å². The molecule has 2 rings (SSSR count). The summed E-state index contributed by atoms with van der Waals surface area (Å²) >= 11 is 0. The van der Waals surface area contributed by atoms with Crippen molar-refractivity contribution >= 4 is 5.91 Å². The number of hydrogen-bond donors (Lipinski definition) is 1. The maximum absolute atomic E-state index is 14.0. The topological polar surface area (TPSA) is 79.3 Å². The SMILES string of the molecule is COCC1(C(N)=O)CCCN1Cc1ccc(C#N)cc1F.